The van der Waals surface area contributed by atoms with Gasteiger partial charge in [-0.05, 0) is 37.0 Å². The van der Waals surface area contributed by atoms with Crippen LogP contribution < -0.4 is 5.73 Å². The predicted octanol–water partition coefficient (Wildman–Crippen LogP) is 2.13. The van der Waals surface area contributed by atoms with Crippen molar-refractivity contribution in [1.29, 1.82) is 0 Å². The molecule has 0 saturated heterocycles. The summed E-state index contributed by atoms with van der Waals surface area (Å²) in [5.74, 6) is 0.717. The summed E-state index contributed by atoms with van der Waals surface area (Å²) in [6.45, 7) is 4.11. The van der Waals surface area contributed by atoms with E-state index in [1.165, 1.54) is 0 Å². The molecule has 0 spiro atoms. The monoisotopic (exact) mass is 242 g/mol. The van der Waals surface area contributed by atoms with Crippen LogP contribution in [-0.4, -0.2) is 21.0 Å². The number of hydrogen-bond acceptors (Lipinski definition) is 4. The summed E-state index contributed by atoms with van der Waals surface area (Å²) < 4.78 is 0. The fraction of sp³-hybridized carbons (Fsp3) is 0.357. The van der Waals surface area contributed by atoms with Crippen LogP contribution in [0, 0.1) is 6.92 Å². The zero-order chi connectivity index (χ0) is 13.0. The highest BCUT2D eigenvalue weighted by atomic mass is 14.9. The second-order valence-electron chi connectivity index (χ2n) is 4.48. The first kappa shape index (κ1) is 12.6. The topological polar surface area (TPSA) is 64.7 Å². The number of aryl methyl sites for hydroxylation is 1. The van der Waals surface area contributed by atoms with Crippen LogP contribution in [-0.2, 0) is 6.42 Å². The van der Waals surface area contributed by atoms with Crippen molar-refractivity contribution in [1.82, 2.24) is 15.0 Å². The minimum atomic E-state index is 0.180. The van der Waals surface area contributed by atoms with Crippen molar-refractivity contribution in [3.8, 4) is 11.4 Å². The summed E-state index contributed by atoms with van der Waals surface area (Å²) in [6.07, 6.45) is 9.05. The predicted molar refractivity (Wildman–Crippen MR) is 72.0 cm³/mol. The van der Waals surface area contributed by atoms with Crippen molar-refractivity contribution in [2.45, 2.75) is 32.7 Å². The third kappa shape index (κ3) is 2.90. The fourth-order valence-electron chi connectivity index (χ4n) is 1.74. The molecule has 1 atom stereocenters. The van der Waals surface area contributed by atoms with E-state index in [2.05, 4.69) is 21.9 Å². The SMILES string of the molecule is CCC(N)Cc1cnc(-c2cnccc2C)nc1. The number of hydrogen-bond donors (Lipinski definition) is 1. The van der Waals surface area contributed by atoms with Crippen molar-refractivity contribution < 1.29 is 0 Å². The standard InChI is InChI=1S/C14H18N4/c1-3-12(15)6-11-7-17-14(18-8-11)13-9-16-5-4-10(13)2/h4-5,7-9,12H,3,6,15H2,1-2H3. The molecular formula is C14H18N4. The molecule has 0 radical (unpaired) electrons. The van der Waals surface area contributed by atoms with Gasteiger partial charge in [0.1, 0.15) is 0 Å². The minimum absolute atomic E-state index is 0.180. The third-order valence-corrected chi connectivity index (χ3v) is 3.01. The number of nitrogens with zero attached hydrogens (tertiary/aromatic N) is 3. The van der Waals surface area contributed by atoms with Crippen molar-refractivity contribution in [3.05, 3.63) is 42.0 Å². The average molecular weight is 242 g/mol. The van der Waals surface area contributed by atoms with Crippen LogP contribution in [0.25, 0.3) is 11.4 Å². The molecule has 0 bridgehead atoms. The van der Waals surface area contributed by atoms with E-state index in [0.717, 1.165) is 35.4 Å². The normalized spacial score (nSPS) is 12.4. The molecule has 0 saturated carbocycles. The second kappa shape index (κ2) is 5.69. The van der Waals surface area contributed by atoms with Crippen LogP contribution in [0.1, 0.15) is 24.5 Å². The van der Waals surface area contributed by atoms with Gasteiger partial charge in [-0.25, -0.2) is 9.97 Å². The van der Waals surface area contributed by atoms with Gasteiger partial charge in [-0.3, -0.25) is 4.98 Å². The molecule has 2 aromatic rings. The van der Waals surface area contributed by atoms with E-state index in [1.54, 1.807) is 12.4 Å². The molecule has 4 nitrogen and oxygen atoms in total. The molecule has 0 aliphatic heterocycles. The molecule has 94 valence electrons. The molecule has 0 aliphatic rings. The summed E-state index contributed by atoms with van der Waals surface area (Å²) in [4.78, 5) is 12.9. The van der Waals surface area contributed by atoms with Crippen molar-refractivity contribution >= 4 is 0 Å². The van der Waals surface area contributed by atoms with Gasteiger partial charge in [-0.15, -0.1) is 0 Å². The number of pyridine rings is 1. The number of nitrogens with two attached hydrogens (primary N) is 1. The molecule has 1 unspecified atom stereocenters. The van der Waals surface area contributed by atoms with Gasteiger partial charge in [-0.2, -0.15) is 0 Å². The molecule has 2 heterocycles. The summed E-state index contributed by atoms with van der Waals surface area (Å²) >= 11 is 0. The summed E-state index contributed by atoms with van der Waals surface area (Å²) in [5, 5.41) is 0. The van der Waals surface area contributed by atoms with Gasteiger partial charge in [0, 0.05) is 36.4 Å². The molecule has 2 rings (SSSR count). The minimum Gasteiger partial charge on any atom is -0.327 e. The van der Waals surface area contributed by atoms with E-state index in [-0.39, 0.29) is 6.04 Å². The van der Waals surface area contributed by atoms with E-state index >= 15 is 0 Å². The Balaban J connectivity index is 2.20. The Bertz CT molecular complexity index is 507. The summed E-state index contributed by atoms with van der Waals surface area (Å²) in [6, 6.07) is 2.14. The smallest absolute Gasteiger partial charge is 0.160 e. The third-order valence-electron chi connectivity index (χ3n) is 3.01. The largest absolute Gasteiger partial charge is 0.327 e. The maximum Gasteiger partial charge on any atom is 0.160 e. The van der Waals surface area contributed by atoms with Gasteiger partial charge in [0.15, 0.2) is 5.82 Å². The van der Waals surface area contributed by atoms with Crippen molar-refractivity contribution in [2.24, 2.45) is 5.73 Å². The molecule has 18 heavy (non-hydrogen) atoms. The highest BCUT2D eigenvalue weighted by molar-refractivity contribution is 5.57. The molecule has 0 aromatic carbocycles. The highest BCUT2D eigenvalue weighted by Crippen LogP contribution is 2.17. The van der Waals surface area contributed by atoms with Gasteiger partial charge in [0.25, 0.3) is 0 Å². The first-order valence-electron chi connectivity index (χ1n) is 6.18. The Kier molecular flexibility index (Phi) is 3.99. The maximum absolute atomic E-state index is 5.91. The van der Waals surface area contributed by atoms with Gasteiger partial charge in [-0.1, -0.05) is 6.92 Å². The van der Waals surface area contributed by atoms with E-state index in [4.69, 9.17) is 5.73 Å². The molecule has 4 heteroatoms. The van der Waals surface area contributed by atoms with Crippen LogP contribution in [0.2, 0.25) is 0 Å². The summed E-state index contributed by atoms with van der Waals surface area (Å²) in [7, 11) is 0. The van der Waals surface area contributed by atoms with Gasteiger partial charge in [0.2, 0.25) is 0 Å². The van der Waals surface area contributed by atoms with Gasteiger partial charge in [0.05, 0.1) is 0 Å². The molecular weight excluding hydrogens is 224 g/mol. The maximum atomic E-state index is 5.91. The Morgan fingerprint density at radius 2 is 1.94 bits per heavy atom. The molecule has 2 N–H and O–H groups in total. The molecule has 0 amide bonds. The Labute approximate surface area is 107 Å². The lowest BCUT2D eigenvalue weighted by Gasteiger charge is -2.08. The second-order valence-corrected chi connectivity index (χ2v) is 4.48. The van der Waals surface area contributed by atoms with Crippen molar-refractivity contribution in [3.63, 3.8) is 0 Å². The molecule has 0 fully saturated rings. The lowest BCUT2D eigenvalue weighted by Crippen LogP contribution is -2.21. The zero-order valence-electron chi connectivity index (χ0n) is 10.8. The first-order valence-corrected chi connectivity index (χ1v) is 6.18. The lowest BCUT2D eigenvalue weighted by atomic mass is 10.1. The fourth-order valence-corrected chi connectivity index (χ4v) is 1.74. The quantitative estimate of drug-likeness (QED) is 0.892. The summed E-state index contributed by atoms with van der Waals surface area (Å²) in [5.41, 5.74) is 9.09. The van der Waals surface area contributed by atoms with Gasteiger partial charge < -0.3 is 5.73 Å². The zero-order valence-corrected chi connectivity index (χ0v) is 10.8. The Hall–Kier alpha value is -1.81. The van der Waals surface area contributed by atoms with Crippen LogP contribution in [0.5, 0.6) is 0 Å². The lowest BCUT2D eigenvalue weighted by molar-refractivity contribution is 0.643. The molecule has 2 aromatic heterocycles. The van der Waals surface area contributed by atoms with E-state index < -0.39 is 0 Å². The first-order chi connectivity index (χ1) is 8.70. The molecule has 0 aliphatic carbocycles. The van der Waals surface area contributed by atoms with Gasteiger partial charge >= 0.3 is 0 Å². The highest BCUT2D eigenvalue weighted by Gasteiger charge is 2.06. The Morgan fingerprint density at radius 3 is 2.56 bits per heavy atom. The van der Waals surface area contributed by atoms with Crippen molar-refractivity contribution in [2.75, 3.05) is 0 Å². The number of aromatic nitrogens is 3. The Morgan fingerprint density at radius 1 is 1.22 bits per heavy atom. The average Bonchev–Trinajstić information content (AvgIpc) is 2.40. The van der Waals surface area contributed by atoms with E-state index in [1.807, 2.05) is 25.4 Å². The van der Waals surface area contributed by atoms with E-state index in [0.29, 0.717) is 0 Å². The van der Waals surface area contributed by atoms with Crippen LogP contribution >= 0.6 is 0 Å². The van der Waals surface area contributed by atoms with E-state index in [9.17, 15) is 0 Å². The van der Waals surface area contributed by atoms with Crippen LogP contribution in [0.4, 0.5) is 0 Å². The van der Waals surface area contributed by atoms with Crippen LogP contribution in [0.15, 0.2) is 30.9 Å². The van der Waals surface area contributed by atoms with Crippen LogP contribution in [0.3, 0.4) is 0 Å². The number of rotatable bonds is 4.